The summed E-state index contributed by atoms with van der Waals surface area (Å²) < 4.78 is 10.2. The van der Waals surface area contributed by atoms with Gasteiger partial charge in [-0.1, -0.05) is 49.8 Å². The molecule has 3 saturated carbocycles. The second-order valence-electron chi connectivity index (χ2n) is 14.2. The summed E-state index contributed by atoms with van der Waals surface area (Å²) in [6.07, 6.45) is 2.55. The van der Waals surface area contributed by atoms with Crippen molar-refractivity contribution in [3.63, 3.8) is 0 Å². The molecule has 0 saturated heterocycles. The molecule has 4 N–H and O–H groups in total. The molecule has 47 heavy (non-hydrogen) atoms. The molecule has 1 amide bonds. The van der Waals surface area contributed by atoms with Gasteiger partial charge in [0.05, 0.1) is 19.1 Å². The number of ether oxygens (including phenoxy) is 2. The van der Waals surface area contributed by atoms with E-state index < -0.39 is 65.9 Å². The number of aliphatic hydroxyl groups is 3. The highest BCUT2D eigenvalue weighted by Crippen LogP contribution is 2.67. The molecule has 0 spiro atoms. The largest absolute Gasteiger partial charge is 0.464 e. The first-order valence-corrected chi connectivity index (χ1v) is 16.8. The maximum atomic E-state index is 13.5. The molecule has 1 aromatic carbocycles. The van der Waals surface area contributed by atoms with Crippen LogP contribution in [0.1, 0.15) is 90.2 Å². The Morgan fingerprint density at radius 2 is 1.74 bits per heavy atom. The summed E-state index contributed by atoms with van der Waals surface area (Å²) in [5.41, 5.74) is -1.50. The fourth-order valence-corrected chi connectivity index (χ4v) is 9.29. The first-order chi connectivity index (χ1) is 22.2. The van der Waals surface area contributed by atoms with E-state index in [9.17, 15) is 39.3 Å². The van der Waals surface area contributed by atoms with Crippen LogP contribution in [0.4, 0.5) is 0 Å². The lowest BCUT2D eigenvalue weighted by Crippen LogP contribution is -2.62. The van der Waals surface area contributed by atoms with Gasteiger partial charge >= 0.3 is 11.9 Å². The quantitative estimate of drug-likeness (QED) is 0.260. The summed E-state index contributed by atoms with van der Waals surface area (Å²) >= 11 is 0. The van der Waals surface area contributed by atoms with Gasteiger partial charge in [0.1, 0.15) is 11.7 Å². The number of carbonyl (C=O) groups excluding carboxylic acids is 5. The zero-order valence-electron chi connectivity index (χ0n) is 27.4. The molecule has 11 nitrogen and oxygen atoms in total. The molecule has 5 rings (SSSR count). The highest BCUT2D eigenvalue weighted by atomic mass is 16.5. The highest BCUT2D eigenvalue weighted by Gasteiger charge is 2.68. The minimum atomic E-state index is -1.79. The van der Waals surface area contributed by atoms with Crippen molar-refractivity contribution in [3.8, 4) is 0 Å². The fourth-order valence-electron chi connectivity index (χ4n) is 9.29. The molecule has 1 aromatic rings. The molecule has 0 aromatic heterocycles. The molecule has 11 heteroatoms. The molecule has 4 aliphatic rings. The number of amides is 1. The van der Waals surface area contributed by atoms with Crippen LogP contribution in [-0.2, 0) is 33.4 Å². The first-order valence-electron chi connectivity index (χ1n) is 16.8. The lowest BCUT2D eigenvalue weighted by atomic mass is 9.45. The number of aliphatic hydroxyl groups excluding tert-OH is 2. The Kier molecular flexibility index (Phi) is 10.1. The average Bonchev–Trinajstić information content (AvgIpc) is 3.32. The Labute approximate surface area is 275 Å². The number of allylic oxidation sites excluding steroid dienone is 1. The van der Waals surface area contributed by atoms with Crippen LogP contribution in [0.3, 0.4) is 0 Å². The van der Waals surface area contributed by atoms with Gasteiger partial charge < -0.3 is 30.1 Å². The third-order valence-electron chi connectivity index (χ3n) is 11.7. The van der Waals surface area contributed by atoms with Crippen molar-refractivity contribution in [3.05, 3.63) is 47.5 Å². The number of ketones is 2. The second-order valence-corrected chi connectivity index (χ2v) is 14.2. The first kappa shape index (κ1) is 34.9. The van der Waals surface area contributed by atoms with E-state index in [0.29, 0.717) is 24.8 Å². The van der Waals surface area contributed by atoms with Crippen LogP contribution < -0.4 is 5.32 Å². The van der Waals surface area contributed by atoms with Crippen molar-refractivity contribution in [2.45, 2.75) is 102 Å². The van der Waals surface area contributed by atoms with Gasteiger partial charge in [-0.15, -0.1) is 0 Å². The van der Waals surface area contributed by atoms with Crippen LogP contribution in [0.2, 0.25) is 0 Å². The fraction of sp³-hybridized carbons (Fsp3) is 0.639. The molecular weight excluding hydrogens is 606 g/mol. The maximum Gasteiger partial charge on any atom is 0.331 e. The summed E-state index contributed by atoms with van der Waals surface area (Å²) in [5, 5.41) is 36.6. The molecule has 0 heterocycles. The molecule has 0 aliphatic heterocycles. The van der Waals surface area contributed by atoms with Gasteiger partial charge in [-0.05, 0) is 80.3 Å². The minimum Gasteiger partial charge on any atom is -0.464 e. The number of carbonyl (C=O) groups is 5. The predicted molar refractivity (Wildman–Crippen MR) is 168 cm³/mol. The van der Waals surface area contributed by atoms with E-state index in [4.69, 9.17) is 9.47 Å². The Hall–Kier alpha value is -3.41. The highest BCUT2D eigenvalue weighted by molar-refractivity contribution is 5.92. The lowest BCUT2D eigenvalue weighted by Gasteiger charge is -2.60. The maximum absolute atomic E-state index is 13.5. The number of benzene rings is 1. The number of hydrogen-bond acceptors (Lipinski definition) is 10. The molecule has 3 fully saturated rings. The van der Waals surface area contributed by atoms with Crippen molar-refractivity contribution in [1.82, 2.24) is 5.32 Å². The van der Waals surface area contributed by atoms with E-state index >= 15 is 0 Å². The molecular formula is C36H47NO10. The van der Waals surface area contributed by atoms with Gasteiger partial charge in [-0.2, -0.15) is 0 Å². The smallest absolute Gasteiger partial charge is 0.331 e. The lowest BCUT2D eigenvalue weighted by molar-refractivity contribution is -0.184. The standard InChI is InChI=1S/C36H47NO10/c1-4-46-33(44)31(32(43)21-8-6-5-7-9-21)37-28(41)12-13-29(42)47-20-27(40)36(45)17-15-25-24-11-10-22-18-23(38)14-16-34(22,2)30(24)26(39)19-35(25,36)3/h5-9,18,24-26,30-32,39,43,45H,4,10-17,19-20H2,1-3H3,(H,37,41)/t24-,25+,26-,30-,31+,32-,34-,35-,36+/m0/s1. The molecule has 256 valence electrons. The molecule has 4 aliphatic carbocycles. The average molecular weight is 654 g/mol. The van der Waals surface area contributed by atoms with Crippen molar-refractivity contribution in [2.75, 3.05) is 13.2 Å². The van der Waals surface area contributed by atoms with Crippen LogP contribution in [0.15, 0.2) is 42.0 Å². The zero-order chi connectivity index (χ0) is 34.1. The van der Waals surface area contributed by atoms with Gasteiger partial charge in [0, 0.05) is 18.3 Å². The summed E-state index contributed by atoms with van der Waals surface area (Å²) in [7, 11) is 0. The van der Waals surface area contributed by atoms with Crippen LogP contribution >= 0.6 is 0 Å². The number of nitrogens with one attached hydrogen (secondary N) is 1. The van der Waals surface area contributed by atoms with E-state index in [1.54, 1.807) is 43.3 Å². The Morgan fingerprint density at radius 1 is 1.02 bits per heavy atom. The predicted octanol–water partition coefficient (Wildman–Crippen LogP) is 2.89. The van der Waals surface area contributed by atoms with Crippen LogP contribution in [0.5, 0.6) is 0 Å². The van der Waals surface area contributed by atoms with E-state index in [0.717, 1.165) is 18.4 Å². The Balaban J connectivity index is 1.17. The summed E-state index contributed by atoms with van der Waals surface area (Å²) in [4.78, 5) is 63.5. The van der Waals surface area contributed by atoms with E-state index in [-0.39, 0.29) is 54.8 Å². The number of rotatable bonds is 11. The number of fused-ring (bicyclic) bond motifs is 5. The van der Waals surface area contributed by atoms with E-state index in [1.807, 2.05) is 6.92 Å². The van der Waals surface area contributed by atoms with Crippen LogP contribution in [0.25, 0.3) is 0 Å². The monoisotopic (exact) mass is 653 g/mol. The van der Waals surface area contributed by atoms with Crippen molar-refractivity contribution in [1.29, 1.82) is 0 Å². The Morgan fingerprint density at radius 3 is 2.45 bits per heavy atom. The minimum absolute atomic E-state index is 0.0150. The van der Waals surface area contributed by atoms with Crippen molar-refractivity contribution < 1.29 is 48.8 Å². The molecule has 9 atom stereocenters. The van der Waals surface area contributed by atoms with Gasteiger partial charge in [-0.25, -0.2) is 4.79 Å². The SMILES string of the molecule is CCOC(=O)[C@H](NC(=O)CCC(=O)OCC(=O)[C@]1(O)CC[C@@H]2[C@@H]3CCC4=CC(=O)CC[C@]4(C)[C@@H]3[C@@H](O)C[C@@]21C)[C@@H](O)c1ccccc1. The van der Waals surface area contributed by atoms with Crippen molar-refractivity contribution in [2.24, 2.45) is 28.6 Å². The third kappa shape index (κ3) is 6.41. The number of hydrogen-bond donors (Lipinski definition) is 4. The second kappa shape index (κ2) is 13.6. The van der Waals surface area contributed by atoms with Gasteiger partial charge in [0.2, 0.25) is 11.7 Å². The summed E-state index contributed by atoms with van der Waals surface area (Å²) in [5.74, 6) is -2.85. The third-order valence-corrected chi connectivity index (χ3v) is 11.7. The van der Waals surface area contributed by atoms with Crippen molar-refractivity contribution >= 4 is 29.4 Å². The topological polar surface area (TPSA) is 177 Å². The van der Waals surface area contributed by atoms with E-state index in [2.05, 4.69) is 12.2 Å². The van der Waals surface area contributed by atoms with Crippen LogP contribution in [0, 0.1) is 28.6 Å². The molecule has 0 bridgehead atoms. The summed E-state index contributed by atoms with van der Waals surface area (Å²) in [6, 6.07) is 6.92. The number of Topliss-reactive ketones (excluding diaryl/α,β-unsaturated/α-hetero) is 1. The summed E-state index contributed by atoms with van der Waals surface area (Å²) in [6.45, 7) is 4.97. The number of esters is 2. The zero-order valence-corrected chi connectivity index (χ0v) is 27.4. The van der Waals surface area contributed by atoms with Crippen LogP contribution in [-0.4, -0.2) is 75.7 Å². The normalized spacial score (nSPS) is 34.1. The Bertz CT molecular complexity index is 1430. The van der Waals surface area contributed by atoms with E-state index in [1.165, 1.54) is 0 Å². The molecule has 0 radical (unpaired) electrons. The molecule has 0 unspecified atom stereocenters. The van der Waals surface area contributed by atoms with Gasteiger partial charge in [-0.3, -0.25) is 19.2 Å². The van der Waals surface area contributed by atoms with Gasteiger partial charge in [0.25, 0.3) is 0 Å². The van der Waals surface area contributed by atoms with Gasteiger partial charge in [0.15, 0.2) is 18.4 Å².